The van der Waals surface area contributed by atoms with Gasteiger partial charge in [-0.25, -0.2) is 0 Å². The van der Waals surface area contributed by atoms with Gasteiger partial charge in [-0.2, -0.15) is 4.98 Å². The van der Waals surface area contributed by atoms with Crippen LogP contribution in [0.3, 0.4) is 0 Å². The summed E-state index contributed by atoms with van der Waals surface area (Å²) in [6.07, 6.45) is 1.24. The van der Waals surface area contributed by atoms with E-state index in [1.807, 2.05) is 49.4 Å². The highest BCUT2D eigenvalue weighted by molar-refractivity contribution is 7.99. The van der Waals surface area contributed by atoms with Crippen molar-refractivity contribution in [3.63, 3.8) is 0 Å². The van der Waals surface area contributed by atoms with E-state index < -0.39 is 6.23 Å². The van der Waals surface area contributed by atoms with E-state index in [9.17, 15) is 0 Å². The molecule has 1 aliphatic heterocycles. The summed E-state index contributed by atoms with van der Waals surface area (Å²) in [6, 6.07) is 13.6. The molecule has 1 aromatic heterocycles. The molecule has 0 saturated heterocycles. The molecule has 1 N–H and O–H groups in total. The average Bonchev–Trinajstić information content (AvgIpc) is 2.94. The van der Waals surface area contributed by atoms with Crippen LogP contribution in [0, 0.1) is 0 Å². The Hall–Kier alpha value is -3.26. The minimum atomic E-state index is -0.559. The van der Waals surface area contributed by atoms with Crippen LogP contribution in [0.25, 0.3) is 11.3 Å². The van der Waals surface area contributed by atoms with Crippen molar-refractivity contribution < 1.29 is 14.2 Å². The summed E-state index contributed by atoms with van der Waals surface area (Å²) in [6.45, 7) is 6.21. The van der Waals surface area contributed by atoms with E-state index in [0.29, 0.717) is 40.6 Å². The summed E-state index contributed by atoms with van der Waals surface area (Å²) >= 11 is 1.45. The van der Waals surface area contributed by atoms with Crippen molar-refractivity contribution in [2.45, 2.75) is 18.3 Å². The molecule has 0 fully saturated rings. The quantitative estimate of drug-likeness (QED) is 0.433. The summed E-state index contributed by atoms with van der Waals surface area (Å²) in [5.41, 5.74) is 3.12. The molecule has 0 unspecified atom stereocenters. The van der Waals surface area contributed by atoms with Crippen molar-refractivity contribution in [1.29, 1.82) is 0 Å². The van der Waals surface area contributed by atoms with E-state index in [1.165, 1.54) is 11.8 Å². The number of fused-ring (bicyclic) bond motifs is 3. The molecule has 0 bridgehead atoms. The Kier molecular flexibility index (Phi) is 6.04. The maximum absolute atomic E-state index is 6.32. The lowest BCUT2D eigenvalue weighted by Gasteiger charge is -2.22. The van der Waals surface area contributed by atoms with Crippen molar-refractivity contribution in [1.82, 2.24) is 15.2 Å². The number of hydrogen-bond donors (Lipinski definition) is 1. The molecule has 3 aromatic rings. The molecule has 0 radical (unpaired) electrons. The van der Waals surface area contributed by atoms with E-state index in [2.05, 4.69) is 27.1 Å². The second kappa shape index (κ2) is 9.04. The number of aromatic nitrogens is 3. The number of anilines is 1. The minimum Gasteiger partial charge on any atom is -0.492 e. The molecular formula is C22H22N4O3S. The van der Waals surface area contributed by atoms with Crippen molar-refractivity contribution in [3.8, 4) is 28.6 Å². The molecule has 0 spiro atoms. The summed E-state index contributed by atoms with van der Waals surface area (Å²) in [5.74, 6) is 2.36. The van der Waals surface area contributed by atoms with Gasteiger partial charge in [-0.05, 0) is 25.1 Å². The third-order valence-electron chi connectivity index (χ3n) is 4.46. The smallest absolute Gasteiger partial charge is 0.247 e. The Balaban J connectivity index is 1.82. The second-order valence-corrected chi connectivity index (χ2v) is 7.33. The van der Waals surface area contributed by atoms with Crippen LogP contribution in [0.2, 0.25) is 0 Å². The van der Waals surface area contributed by atoms with Crippen molar-refractivity contribution in [3.05, 3.63) is 60.7 Å². The van der Waals surface area contributed by atoms with Crippen LogP contribution >= 0.6 is 11.8 Å². The lowest BCUT2D eigenvalue weighted by Crippen LogP contribution is -2.18. The first-order valence-corrected chi connectivity index (χ1v) is 10.5. The van der Waals surface area contributed by atoms with Gasteiger partial charge in [-0.1, -0.05) is 42.1 Å². The normalized spacial score (nSPS) is 14.4. The molecule has 0 saturated carbocycles. The number of ether oxygens (including phenoxy) is 3. The predicted molar refractivity (Wildman–Crippen MR) is 117 cm³/mol. The van der Waals surface area contributed by atoms with Crippen LogP contribution in [0.1, 0.15) is 18.7 Å². The number of benzene rings is 2. The summed E-state index contributed by atoms with van der Waals surface area (Å²) in [7, 11) is 1.62. The molecule has 1 atom stereocenters. The van der Waals surface area contributed by atoms with Gasteiger partial charge in [-0.3, -0.25) is 0 Å². The van der Waals surface area contributed by atoms with Gasteiger partial charge in [0, 0.05) is 17.0 Å². The van der Waals surface area contributed by atoms with Crippen LogP contribution < -0.4 is 19.5 Å². The van der Waals surface area contributed by atoms with Gasteiger partial charge in [0.05, 0.1) is 19.3 Å². The summed E-state index contributed by atoms with van der Waals surface area (Å²) in [4.78, 5) is 4.61. The number of thioether (sulfide) groups is 1. The first kappa shape index (κ1) is 20.0. The van der Waals surface area contributed by atoms with E-state index in [4.69, 9.17) is 14.2 Å². The van der Waals surface area contributed by atoms with Crippen LogP contribution in [0.5, 0.6) is 17.4 Å². The minimum absolute atomic E-state index is 0.405. The van der Waals surface area contributed by atoms with Gasteiger partial charge in [0.2, 0.25) is 17.3 Å². The third-order valence-corrected chi connectivity index (χ3v) is 5.29. The Labute approximate surface area is 179 Å². The van der Waals surface area contributed by atoms with Crippen LogP contribution in [-0.4, -0.2) is 34.7 Å². The largest absolute Gasteiger partial charge is 0.492 e. The number of nitrogens with zero attached hydrogens (tertiary/aromatic N) is 3. The lowest BCUT2D eigenvalue weighted by molar-refractivity contribution is 0.217. The monoisotopic (exact) mass is 422 g/mol. The fourth-order valence-corrected chi connectivity index (χ4v) is 3.72. The van der Waals surface area contributed by atoms with E-state index >= 15 is 0 Å². The summed E-state index contributed by atoms with van der Waals surface area (Å²) in [5, 5.41) is 12.6. The molecule has 2 heterocycles. The lowest BCUT2D eigenvalue weighted by atomic mass is 10.1. The Morgan fingerprint density at radius 2 is 2.07 bits per heavy atom. The van der Waals surface area contributed by atoms with Gasteiger partial charge >= 0.3 is 0 Å². The first-order valence-electron chi connectivity index (χ1n) is 9.55. The number of hydrogen-bond acceptors (Lipinski definition) is 8. The Bertz CT molecular complexity index is 1060. The van der Waals surface area contributed by atoms with Gasteiger partial charge in [0.1, 0.15) is 0 Å². The summed E-state index contributed by atoms with van der Waals surface area (Å²) < 4.78 is 17.7. The van der Waals surface area contributed by atoms with E-state index in [-0.39, 0.29) is 0 Å². The fraction of sp³-hybridized carbons (Fsp3) is 0.227. The molecule has 4 rings (SSSR count). The number of methoxy groups -OCH3 is 1. The van der Waals surface area contributed by atoms with Gasteiger partial charge in [0.25, 0.3) is 0 Å². The molecule has 0 amide bonds. The van der Waals surface area contributed by atoms with E-state index in [0.717, 1.165) is 16.8 Å². The second-order valence-electron chi connectivity index (χ2n) is 6.35. The van der Waals surface area contributed by atoms with Gasteiger partial charge in [0.15, 0.2) is 17.2 Å². The van der Waals surface area contributed by atoms with Gasteiger partial charge in [-0.15, -0.1) is 16.8 Å². The van der Waals surface area contributed by atoms with E-state index in [1.54, 1.807) is 13.2 Å². The highest BCUT2D eigenvalue weighted by Gasteiger charge is 2.28. The zero-order chi connectivity index (χ0) is 20.9. The number of para-hydroxylation sites is 2. The van der Waals surface area contributed by atoms with Crippen LogP contribution in [-0.2, 0) is 0 Å². The van der Waals surface area contributed by atoms with Crippen molar-refractivity contribution >= 4 is 17.4 Å². The van der Waals surface area contributed by atoms with Gasteiger partial charge < -0.3 is 19.5 Å². The number of rotatable bonds is 7. The molecule has 8 heteroatoms. The standard InChI is InChI=1S/C22H22N4O3S/c1-4-13-30-22-24-21-18(25-26-22)14-9-6-7-11-16(14)23-20(29-21)15-10-8-12-17(28-5-2)19(15)27-3/h4,6-12,20,23H,1,5,13H2,2-3H3/t20-/m0/s1. The molecule has 7 nitrogen and oxygen atoms in total. The number of nitrogens with one attached hydrogen (secondary N) is 1. The maximum Gasteiger partial charge on any atom is 0.247 e. The first-order chi connectivity index (χ1) is 14.7. The van der Waals surface area contributed by atoms with Crippen LogP contribution in [0.4, 0.5) is 5.69 Å². The zero-order valence-corrected chi connectivity index (χ0v) is 17.6. The van der Waals surface area contributed by atoms with Crippen LogP contribution in [0.15, 0.2) is 60.3 Å². The Morgan fingerprint density at radius 3 is 2.87 bits per heavy atom. The maximum atomic E-state index is 6.32. The molecule has 0 aliphatic carbocycles. The molecule has 30 heavy (non-hydrogen) atoms. The fourth-order valence-electron chi connectivity index (χ4n) is 3.21. The predicted octanol–water partition coefficient (Wildman–Crippen LogP) is 4.73. The van der Waals surface area contributed by atoms with Crippen molar-refractivity contribution in [2.75, 3.05) is 24.8 Å². The van der Waals surface area contributed by atoms with Crippen molar-refractivity contribution in [2.24, 2.45) is 0 Å². The third kappa shape index (κ3) is 3.91. The SMILES string of the molecule is C=CCSc1nnc2c(n1)O[C@@H](c1cccc(OCC)c1OC)Nc1ccccc1-2. The zero-order valence-electron chi connectivity index (χ0n) is 16.8. The topological polar surface area (TPSA) is 78.4 Å². The molecule has 154 valence electrons. The molecule has 2 aromatic carbocycles. The highest BCUT2D eigenvalue weighted by Crippen LogP contribution is 2.43. The molecule has 1 aliphatic rings. The average molecular weight is 423 g/mol. The highest BCUT2D eigenvalue weighted by atomic mass is 32.2. The Morgan fingerprint density at radius 1 is 1.20 bits per heavy atom. The molecular weight excluding hydrogens is 400 g/mol.